The quantitative estimate of drug-likeness (QED) is 0.630. The van der Waals surface area contributed by atoms with E-state index in [1.165, 1.54) is 18.4 Å². The first-order valence-electron chi connectivity index (χ1n) is 6.42. The van der Waals surface area contributed by atoms with Crippen LogP contribution in [0.15, 0.2) is 11.4 Å². The first-order valence-corrected chi connectivity index (χ1v) is 7.68. The summed E-state index contributed by atoms with van der Waals surface area (Å²) in [6, 6.07) is 1.99. The Balaban J connectivity index is 1.94. The van der Waals surface area contributed by atoms with Crippen LogP contribution in [-0.2, 0) is 9.53 Å². The van der Waals surface area contributed by atoms with Gasteiger partial charge in [-0.3, -0.25) is 4.79 Å². The molecule has 2 aromatic rings. The van der Waals surface area contributed by atoms with Crippen molar-refractivity contribution in [2.75, 3.05) is 25.1 Å². The van der Waals surface area contributed by atoms with Crippen molar-refractivity contribution in [1.82, 2.24) is 9.97 Å². The number of methoxy groups -OCH3 is 1. The van der Waals surface area contributed by atoms with E-state index in [0.717, 1.165) is 35.4 Å². The number of esters is 1. The maximum atomic E-state index is 11.7. The van der Waals surface area contributed by atoms with E-state index in [1.807, 2.05) is 11.4 Å². The molecule has 7 heteroatoms. The number of rotatable bonds is 2. The number of anilines is 1. The smallest absolute Gasteiger partial charge is 0.310 e. The second-order valence-corrected chi connectivity index (χ2v) is 6.00. The Bertz CT molecular complexity index is 646. The van der Waals surface area contributed by atoms with Crippen LogP contribution in [0.2, 0.25) is 5.28 Å². The molecule has 3 rings (SSSR count). The van der Waals surface area contributed by atoms with Crippen molar-refractivity contribution in [1.29, 1.82) is 0 Å². The molecule has 1 aliphatic rings. The Morgan fingerprint density at radius 3 is 3.20 bits per heavy atom. The van der Waals surface area contributed by atoms with Crippen molar-refractivity contribution in [2.24, 2.45) is 5.92 Å². The third kappa shape index (κ3) is 2.45. The fourth-order valence-electron chi connectivity index (χ4n) is 2.58. The van der Waals surface area contributed by atoms with Crippen LogP contribution >= 0.6 is 22.9 Å². The first-order chi connectivity index (χ1) is 9.69. The summed E-state index contributed by atoms with van der Waals surface area (Å²) >= 11 is 7.53. The summed E-state index contributed by atoms with van der Waals surface area (Å²) < 4.78 is 4.85. The number of carbonyl (C=O) groups is 1. The Kier molecular flexibility index (Phi) is 3.76. The molecule has 1 aliphatic heterocycles. The average Bonchev–Trinajstić information content (AvgIpc) is 2.93. The third-order valence-corrected chi connectivity index (χ3v) is 4.51. The van der Waals surface area contributed by atoms with Crippen LogP contribution in [-0.4, -0.2) is 36.1 Å². The van der Waals surface area contributed by atoms with E-state index in [9.17, 15) is 4.79 Å². The second-order valence-electron chi connectivity index (χ2n) is 4.76. The SMILES string of the molecule is COC(=O)[C@H]1CCCN(c2nc(Cl)nc3sccc23)C1. The lowest BCUT2D eigenvalue weighted by Crippen LogP contribution is -2.39. The number of hydrogen-bond donors (Lipinski definition) is 0. The number of fused-ring (bicyclic) bond motifs is 1. The van der Waals surface area contributed by atoms with E-state index in [2.05, 4.69) is 14.9 Å². The lowest BCUT2D eigenvalue weighted by molar-refractivity contribution is -0.145. The fourth-order valence-corrected chi connectivity index (χ4v) is 3.56. The number of thiophene rings is 1. The lowest BCUT2D eigenvalue weighted by Gasteiger charge is -2.32. The van der Waals surface area contributed by atoms with Crippen molar-refractivity contribution in [2.45, 2.75) is 12.8 Å². The summed E-state index contributed by atoms with van der Waals surface area (Å²) in [5, 5.41) is 3.21. The Labute approximate surface area is 125 Å². The van der Waals surface area contributed by atoms with Crippen molar-refractivity contribution in [3.63, 3.8) is 0 Å². The molecule has 0 unspecified atom stereocenters. The number of halogens is 1. The van der Waals surface area contributed by atoms with E-state index in [-0.39, 0.29) is 17.2 Å². The van der Waals surface area contributed by atoms with Gasteiger partial charge in [-0.05, 0) is 35.9 Å². The number of hydrogen-bond acceptors (Lipinski definition) is 6. The van der Waals surface area contributed by atoms with Crippen molar-refractivity contribution in [3.8, 4) is 0 Å². The van der Waals surface area contributed by atoms with Crippen LogP contribution in [0.3, 0.4) is 0 Å². The van der Waals surface area contributed by atoms with Gasteiger partial charge in [0.15, 0.2) is 0 Å². The summed E-state index contributed by atoms with van der Waals surface area (Å²) in [4.78, 5) is 23.3. The van der Waals surface area contributed by atoms with Gasteiger partial charge < -0.3 is 9.64 Å². The maximum Gasteiger partial charge on any atom is 0.310 e. The Hall–Kier alpha value is -1.40. The van der Waals surface area contributed by atoms with E-state index in [4.69, 9.17) is 16.3 Å². The molecule has 0 bridgehead atoms. The molecule has 0 aliphatic carbocycles. The predicted molar refractivity (Wildman–Crippen MR) is 79.4 cm³/mol. The summed E-state index contributed by atoms with van der Waals surface area (Å²) in [6.45, 7) is 1.48. The molecule has 3 heterocycles. The molecular formula is C13H14ClN3O2S. The summed E-state index contributed by atoms with van der Waals surface area (Å²) in [5.74, 6) is 0.558. The average molecular weight is 312 g/mol. The normalized spacial score (nSPS) is 19.3. The standard InChI is InChI=1S/C13H14ClN3O2S/c1-19-12(18)8-3-2-5-17(7-8)10-9-4-6-20-11(9)16-13(14)15-10/h4,6,8H,2-3,5,7H2,1H3/t8-/m0/s1. The van der Waals surface area contributed by atoms with Crippen LogP contribution in [0.5, 0.6) is 0 Å². The molecule has 106 valence electrons. The Morgan fingerprint density at radius 1 is 1.55 bits per heavy atom. The molecule has 5 nitrogen and oxygen atoms in total. The van der Waals surface area contributed by atoms with Crippen LogP contribution in [0.4, 0.5) is 5.82 Å². The molecule has 1 fully saturated rings. The highest BCUT2D eigenvalue weighted by Crippen LogP contribution is 2.31. The van der Waals surface area contributed by atoms with E-state index in [0.29, 0.717) is 6.54 Å². The van der Waals surface area contributed by atoms with Crippen LogP contribution in [0.25, 0.3) is 10.2 Å². The zero-order valence-electron chi connectivity index (χ0n) is 11.0. The number of piperidine rings is 1. The topological polar surface area (TPSA) is 55.3 Å². The van der Waals surface area contributed by atoms with Crippen molar-refractivity contribution in [3.05, 3.63) is 16.7 Å². The number of nitrogens with zero attached hydrogens (tertiary/aromatic N) is 3. The summed E-state index contributed by atoms with van der Waals surface area (Å²) in [5.41, 5.74) is 0. The number of carbonyl (C=O) groups excluding carboxylic acids is 1. The minimum absolute atomic E-state index is 0.101. The predicted octanol–water partition coefficient (Wildman–Crippen LogP) is 2.73. The maximum absolute atomic E-state index is 11.7. The first kappa shape index (κ1) is 13.6. The minimum atomic E-state index is -0.156. The second kappa shape index (κ2) is 5.54. The molecule has 0 radical (unpaired) electrons. The van der Waals surface area contributed by atoms with Gasteiger partial charge in [-0.1, -0.05) is 0 Å². The molecule has 20 heavy (non-hydrogen) atoms. The van der Waals surface area contributed by atoms with E-state index < -0.39 is 0 Å². The van der Waals surface area contributed by atoms with Gasteiger partial charge in [-0.25, -0.2) is 4.98 Å². The van der Waals surface area contributed by atoms with E-state index in [1.54, 1.807) is 0 Å². The zero-order valence-corrected chi connectivity index (χ0v) is 12.6. The summed E-state index contributed by atoms with van der Waals surface area (Å²) in [7, 11) is 1.43. The molecule has 1 saturated heterocycles. The monoisotopic (exact) mass is 311 g/mol. The fraction of sp³-hybridized carbons (Fsp3) is 0.462. The highest BCUT2D eigenvalue weighted by Gasteiger charge is 2.28. The number of ether oxygens (including phenoxy) is 1. The van der Waals surface area contributed by atoms with Gasteiger partial charge in [0.1, 0.15) is 10.6 Å². The molecule has 1 atom stereocenters. The van der Waals surface area contributed by atoms with Gasteiger partial charge in [0.05, 0.1) is 18.4 Å². The van der Waals surface area contributed by atoms with Crippen molar-refractivity contribution < 1.29 is 9.53 Å². The highest BCUT2D eigenvalue weighted by atomic mass is 35.5. The van der Waals surface area contributed by atoms with E-state index >= 15 is 0 Å². The van der Waals surface area contributed by atoms with Crippen molar-refractivity contribution >= 4 is 44.9 Å². The molecule has 2 aromatic heterocycles. The molecular weight excluding hydrogens is 298 g/mol. The molecule has 0 amide bonds. The van der Waals surface area contributed by atoms with Gasteiger partial charge in [-0.2, -0.15) is 4.98 Å². The minimum Gasteiger partial charge on any atom is -0.469 e. The molecule has 0 saturated carbocycles. The van der Waals surface area contributed by atoms with Gasteiger partial charge in [0.25, 0.3) is 0 Å². The van der Waals surface area contributed by atoms with Crippen LogP contribution in [0, 0.1) is 5.92 Å². The molecule has 0 spiro atoms. The van der Waals surface area contributed by atoms with Gasteiger partial charge in [0, 0.05) is 13.1 Å². The van der Waals surface area contributed by atoms with Crippen LogP contribution < -0.4 is 4.90 Å². The third-order valence-electron chi connectivity index (χ3n) is 3.53. The van der Waals surface area contributed by atoms with Crippen LogP contribution in [0.1, 0.15) is 12.8 Å². The summed E-state index contributed by atoms with van der Waals surface area (Å²) in [6.07, 6.45) is 1.79. The molecule has 0 aromatic carbocycles. The zero-order chi connectivity index (χ0) is 14.1. The lowest BCUT2D eigenvalue weighted by atomic mass is 9.98. The molecule has 0 N–H and O–H groups in total. The van der Waals surface area contributed by atoms with Gasteiger partial charge >= 0.3 is 5.97 Å². The number of aromatic nitrogens is 2. The largest absolute Gasteiger partial charge is 0.469 e. The highest BCUT2D eigenvalue weighted by molar-refractivity contribution is 7.16. The van der Waals surface area contributed by atoms with Gasteiger partial charge in [-0.15, -0.1) is 11.3 Å². The van der Waals surface area contributed by atoms with Gasteiger partial charge in [0.2, 0.25) is 5.28 Å². The Morgan fingerprint density at radius 2 is 2.40 bits per heavy atom.